The topological polar surface area (TPSA) is 57.6 Å². The number of benzene rings is 1. The Bertz CT molecular complexity index is 400. The Morgan fingerprint density at radius 1 is 1.39 bits per heavy atom. The van der Waals surface area contributed by atoms with Crippen LogP contribution in [0.4, 0.5) is 0 Å². The highest BCUT2D eigenvalue weighted by Gasteiger charge is 2.20. The van der Waals surface area contributed by atoms with Gasteiger partial charge in [-0.3, -0.25) is 9.59 Å². The van der Waals surface area contributed by atoms with Gasteiger partial charge in [0.2, 0.25) is 6.41 Å². The van der Waals surface area contributed by atoms with E-state index in [0.29, 0.717) is 6.41 Å². The lowest BCUT2D eigenvalue weighted by molar-refractivity contribution is -0.142. The fraction of sp³-hybridized carbons (Fsp3) is 0.429. The van der Waals surface area contributed by atoms with Crippen molar-refractivity contribution in [1.29, 1.82) is 0 Å². The number of carboxylic acids is 1. The summed E-state index contributed by atoms with van der Waals surface area (Å²) in [5.74, 6) is -0.990. The summed E-state index contributed by atoms with van der Waals surface area (Å²) < 4.78 is 0. The number of aryl methyl sites for hydroxylation is 1. The van der Waals surface area contributed by atoms with E-state index in [1.807, 2.05) is 38.1 Å². The molecule has 0 heterocycles. The minimum Gasteiger partial charge on any atom is -0.480 e. The molecular formula is C14H19NO3. The highest BCUT2D eigenvalue weighted by molar-refractivity contribution is 5.72. The van der Waals surface area contributed by atoms with Gasteiger partial charge in [0.1, 0.15) is 6.54 Å². The second kappa shape index (κ2) is 6.79. The molecule has 0 saturated carbocycles. The third-order valence-electron chi connectivity index (χ3n) is 2.88. The minimum atomic E-state index is -0.990. The molecular weight excluding hydrogens is 230 g/mol. The average molecular weight is 249 g/mol. The van der Waals surface area contributed by atoms with Crippen LogP contribution in [0, 0.1) is 6.92 Å². The van der Waals surface area contributed by atoms with Crippen molar-refractivity contribution in [3.8, 4) is 0 Å². The Balaban J connectivity index is 2.95. The van der Waals surface area contributed by atoms with Crippen LogP contribution >= 0.6 is 0 Å². The Hall–Kier alpha value is -1.84. The van der Waals surface area contributed by atoms with Crippen molar-refractivity contribution in [1.82, 2.24) is 4.90 Å². The van der Waals surface area contributed by atoms with Gasteiger partial charge >= 0.3 is 5.97 Å². The standard InChI is InChI=1S/C14H19NO3/c1-3-4-13(15(10-16)9-14(17)18)12-7-5-11(2)6-8-12/h5-8,10,13H,3-4,9H2,1-2H3,(H,17,18). The van der Waals surface area contributed by atoms with Crippen molar-refractivity contribution in [3.05, 3.63) is 35.4 Å². The van der Waals surface area contributed by atoms with Gasteiger partial charge in [-0.1, -0.05) is 43.2 Å². The Morgan fingerprint density at radius 2 is 2.00 bits per heavy atom. The van der Waals surface area contributed by atoms with Crippen molar-refractivity contribution in [2.45, 2.75) is 32.7 Å². The monoisotopic (exact) mass is 249 g/mol. The summed E-state index contributed by atoms with van der Waals surface area (Å²) in [6, 6.07) is 7.69. The van der Waals surface area contributed by atoms with E-state index in [2.05, 4.69) is 0 Å². The first kappa shape index (κ1) is 14.2. The molecule has 0 saturated heterocycles. The molecule has 98 valence electrons. The van der Waals surface area contributed by atoms with E-state index in [9.17, 15) is 9.59 Å². The third kappa shape index (κ3) is 3.87. The zero-order valence-electron chi connectivity index (χ0n) is 10.8. The lowest BCUT2D eigenvalue weighted by Crippen LogP contribution is -2.32. The van der Waals surface area contributed by atoms with Gasteiger partial charge in [-0.15, -0.1) is 0 Å². The maximum atomic E-state index is 11.1. The van der Waals surface area contributed by atoms with E-state index in [0.717, 1.165) is 24.0 Å². The molecule has 0 aromatic heterocycles. The largest absolute Gasteiger partial charge is 0.480 e. The number of aliphatic carboxylic acids is 1. The van der Waals surface area contributed by atoms with Gasteiger partial charge in [0.05, 0.1) is 6.04 Å². The quantitative estimate of drug-likeness (QED) is 0.755. The summed E-state index contributed by atoms with van der Waals surface area (Å²) in [4.78, 5) is 23.2. The summed E-state index contributed by atoms with van der Waals surface area (Å²) in [6.45, 7) is 3.75. The van der Waals surface area contributed by atoms with Crippen LogP contribution in [0.1, 0.15) is 36.9 Å². The lowest BCUT2D eigenvalue weighted by atomic mass is 10.00. The molecule has 1 unspecified atom stereocenters. The van der Waals surface area contributed by atoms with Crippen LogP contribution in [0.3, 0.4) is 0 Å². The molecule has 1 aromatic rings. The second-order valence-electron chi connectivity index (χ2n) is 4.39. The van der Waals surface area contributed by atoms with Gasteiger partial charge in [-0.05, 0) is 18.9 Å². The maximum Gasteiger partial charge on any atom is 0.323 e. The molecule has 0 spiro atoms. The van der Waals surface area contributed by atoms with Crippen LogP contribution in [-0.4, -0.2) is 28.9 Å². The first-order chi connectivity index (χ1) is 8.58. The van der Waals surface area contributed by atoms with Gasteiger partial charge in [0, 0.05) is 0 Å². The number of hydrogen-bond acceptors (Lipinski definition) is 2. The summed E-state index contributed by atoms with van der Waals surface area (Å²) in [5.41, 5.74) is 2.13. The zero-order valence-corrected chi connectivity index (χ0v) is 10.8. The third-order valence-corrected chi connectivity index (χ3v) is 2.88. The van der Waals surface area contributed by atoms with E-state index in [1.165, 1.54) is 4.90 Å². The average Bonchev–Trinajstić information content (AvgIpc) is 2.34. The van der Waals surface area contributed by atoms with Gasteiger partial charge in [0.15, 0.2) is 0 Å². The second-order valence-corrected chi connectivity index (χ2v) is 4.39. The van der Waals surface area contributed by atoms with Gasteiger partial charge in [-0.25, -0.2) is 0 Å². The first-order valence-electron chi connectivity index (χ1n) is 6.08. The molecule has 4 heteroatoms. The summed E-state index contributed by atoms with van der Waals surface area (Å²) in [5, 5.41) is 8.82. The molecule has 1 atom stereocenters. The number of nitrogens with zero attached hydrogens (tertiary/aromatic N) is 1. The molecule has 0 fully saturated rings. The van der Waals surface area contributed by atoms with Crippen LogP contribution in [0.15, 0.2) is 24.3 Å². The van der Waals surface area contributed by atoms with E-state index < -0.39 is 5.97 Å². The fourth-order valence-electron chi connectivity index (χ4n) is 1.96. The SMILES string of the molecule is CCCC(c1ccc(C)cc1)N(C=O)CC(=O)O. The minimum absolute atomic E-state index is 0.163. The van der Waals surface area contributed by atoms with Crippen LogP contribution in [0.2, 0.25) is 0 Å². The van der Waals surface area contributed by atoms with Gasteiger partial charge < -0.3 is 10.0 Å². The number of carbonyl (C=O) groups excluding carboxylic acids is 1. The van der Waals surface area contributed by atoms with Crippen LogP contribution in [0.5, 0.6) is 0 Å². The van der Waals surface area contributed by atoms with E-state index in [4.69, 9.17) is 5.11 Å². The lowest BCUT2D eigenvalue weighted by Gasteiger charge is -2.27. The summed E-state index contributed by atoms with van der Waals surface area (Å²) in [7, 11) is 0. The van der Waals surface area contributed by atoms with Crippen molar-refractivity contribution in [2.75, 3.05) is 6.54 Å². The normalized spacial score (nSPS) is 11.9. The van der Waals surface area contributed by atoms with Crippen molar-refractivity contribution in [3.63, 3.8) is 0 Å². The number of amides is 1. The predicted octanol–water partition coefficient (Wildman–Crippen LogP) is 2.38. The number of rotatable bonds is 7. The number of carboxylic acid groups (broad SMARTS) is 1. The predicted molar refractivity (Wildman–Crippen MR) is 69.2 cm³/mol. The van der Waals surface area contributed by atoms with E-state index >= 15 is 0 Å². The molecule has 0 bridgehead atoms. The Kier molecular flexibility index (Phi) is 5.36. The van der Waals surface area contributed by atoms with Crippen LogP contribution in [-0.2, 0) is 9.59 Å². The van der Waals surface area contributed by atoms with Crippen molar-refractivity contribution in [2.24, 2.45) is 0 Å². The van der Waals surface area contributed by atoms with Crippen LogP contribution < -0.4 is 0 Å². The number of hydrogen-bond donors (Lipinski definition) is 1. The molecule has 4 nitrogen and oxygen atoms in total. The molecule has 0 aliphatic heterocycles. The van der Waals surface area contributed by atoms with E-state index in [1.54, 1.807) is 0 Å². The molecule has 1 amide bonds. The Labute approximate surface area is 107 Å². The van der Waals surface area contributed by atoms with Gasteiger partial charge in [-0.2, -0.15) is 0 Å². The maximum absolute atomic E-state index is 11.1. The smallest absolute Gasteiger partial charge is 0.323 e. The Morgan fingerprint density at radius 3 is 2.44 bits per heavy atom. The molecule has 0 aliphatic carbocycles. The fourth-order valence-corrected chi connectivity index (χ4v) is 1.96. The summed E-state index contributed by atoms with van der Waals surface area (Å²) in [6.07, 6.45) is 2.27. The highest BCUT2D eigenvalue weighted by Crippen LogP contribution is 2.24. The molecule has 0 aliphatic rings. The van der Waals surface area contributed by atoms with Crippen LogP contribution in [0.25, 0.3) is 0 Å². The van der Waals surface area contributed by atoms with E-state index in [-0.39, 0.29) is 12.6 Å². The first-order valence-corrected chi connectivity index (χ1v) is 6.08. The molecule has 1 N–H and O–H groups in total. The van der Waals surface area contributed by atoms with Gasteiger partial charge in [0.25, 0.3) is 0 Å². The molecule has 1 rings (SSSR count). The zero-order chi connectivity index (χ0) is 13.5. The molecule has 18 heavy (non-hydrogen) atoms. The summed E-state index contributed by atoms with van der Waals surface area (Å²) >= 11 is 0. The van der Waals surface area contributed by atoms with Crippen molar-refractivity contribution >= 4 is 12.4 Å². The number of carbonyl (C=O) groups is 2. The highest BCUT2D eigenvalue weighted by atomic mass is 16.4. The van der Waals surface area contributed by atoms with Crippen molar-refractivity contribution < 1.29 is 14.7 Å². The molecule has 1 aromatic carbocycles. The molecule has 0 radical (unpaired) electrons.